The summed E-state index contributed by atoms with van der Waals surface area (Å²) in [5.74, 6) is -6.32. The molecule has 1 aromatic carbocycles. The molecule has 0 amide bonds. The van der Waals surface area contributed by atoms with Gasteiger partial charge < -0.3 is 20.3 Å². The zero-order chi connectivity index (χ0) is 15.5. The van der Waals surface area contributed by atoms with Crippen molar-refractivity contribution >= 4 is 21.9 Å². The van der Waals surface area contributed by atoms with E-state index in [0.29, 0.717) is 0 Å². The molecule has 1 rings (SSSR count). The van der Waals surface area contributed by atoms with Gasteiger partial charge in [0.05, 0.1) is 13.7 Å². The maximum atomic E-state index is 13.9. The molecule has 0 radical (unpaired) electrons. The van der Waals surface area contributed by atoms with Crippen molar-refractivity contribution in [2.75, 3.05) is 13.7 Å². The summed E-state index contributed by atoms with van der Waals surface area (Å²) < 4.78 is 37.1. The average Bonchev–Trinajstić information content (AvgIpc) is 2.39. The maximum Gasteiger partial charge on any atom is 0.379 e. The van der Waals surface area contributed by atoms with Crippen molar-refractivity contribution in [3.05, 3.63) is 22.2 Å². The zero-order valence-electron chi connectivity index (χ0n) is 10.8. The first-order valence-corrected chi connectivity index (χ1v) is 6.42. The topological polar surface area (TPSA) is 81.8 Å². The standard InChI is InChI=1S/C12H14BrF2NO4/c1-3-20-11(18)12(14,15)10(16)8-6(13)4-5-7(19-2)9(8)17/h4-5,10,17H,3,16H2,1-2H3/t10-/m1/s1. The third-order valence-electron chi connectivity index (χ3n) is 2.60. The molecule has 20 heavy (non-hydrogen) atoms. The quantitative estimate of drug-likeness (QED) is 0.794. The van der Waals surface area contributed by atoms with E-state index in [9.17, 15) is 18.7 Å². The number of carbonyl (C=O) groups is 1. The molecule has 3 N–H and O–H groups in total. The summed E-state index contributed by atoms with van der Waals surface area (Å²) >= 11 is 3.01. The molecule has 1 atom stereocenters. The number of alkyl halides is 2. The van der Waals surface area contributed by atoms with Crippen LogP contribution in [-0.4, -0.2) is 30.7 Å². The number of halogens is 3. The van der Waals surface area contributed by atoms with Crippen LogP contribution in [0.5, 0.6) is 11.5 Å². The number of carbonyl (C=O) groups excluding carboxylic acids is 1. The second-order valence-corrected chi connectivity index (χ2v) is 4.69. The molecule has 0 unspecified atom stereocenters. The summed E-state index contributed by atoms with van der Waals surface area (Å²) in [7, 11) is 1.27. The Labute approximate surface area is 122 Å². The number of methoxy groups -OCH3 is 1. The average molecular weight is 354 g/mol. The van der Waals surface area contributed by atoms with Gasteiger partial charge in [-0.2, -0.15) is 8.78 Å². The number of phenols is 1. The SMILES string of the molecule is CCOC(=O)C(F)(F)[C@H](N)c1c(Br)ccc(OC)c1O. The van der Waals surface area contributed by atoms with Gasteiger partial charge in [-0.25, -0.2) is 4.79 Å². The van der Waals surface area contributed by atoms with E-state index in [2.05, 4.69) is 20.7 Å². The van der Waals surface area contributed by atoms with E-state index in [1.54, 1.807) is 0 Å². The van der Waals surface area contributed by atoms with Crippen molar-refractivity contribution < 1.29 is 28.2 Å². The van der Waals surface area contributed by atoms with Gasteiger partial charge in [0.1, 0.15) is 6.04 Å². The summed E-state index contributed by atoms with van der Waals surface area (Å²) in [6.07, 6.45) is 0. The van der Waals surface area contributed by atoms with E-state index >= 15 is 0 Å². The number of phenolic OH excluding ortho intramolecular Hbond substituents is 1. The minimum atomic E-state index is -3.98. The molecule has 8 heteroatoms. The molecule has 0 aromatic heterocycles. The molecule has 0 heterocycles. The molecule has 1 aromatic rings. The van der Waals surface area contributed by atoms with E-state index in [0.717, 1.165) is 0 Å². The molecular weight excluding hydrogens is 340 g/mol. The predicted molar refractivity (Wildman–Crippen MR) is 70.9 cm³/mol. The van der Waals surface area contributed by atoms with E-state index in [1.807, 2.05) is 0 Å². The highest BCUT2D eigenvalue weighted by Gasteiger charge is 2.49. The van der Waals surface area contributed by atoms with Crippen LogP contribution in [0.2, 0.25) is 0 Å². The van der Waals surface area contributed by atoms with Gasteiger partial charge in [0.2, 0.25) is 0 Å². The van der Waals surface area contributed by atoms with Crippen molar-refractivity contribution in [1.29, 1.82) is 0 Å². The fourth-order valence-corrected chi connectivity index (χ4v) is 2.13. The van der Waals surface area contributed by atoms with E-state index in [1.165, 1.54) is 26.2 Å². The molecule has 112 valence electrons. The lowest BCUT2D eigenvalue weighted by molar-refractivity contribution is -0.174. The number of esters is 1. The van der Waals surface area contributed by atoms with Crippen LogP contribution >= 0.6 is 15.9 Å². The highest BCUT2D eigenvalue weighted by Crippen LogP contribution is 2.43. The fourth-order valence-electron chi connectivity index (χ4n) is 1.56. The van der Waals surface area contributed by atoms with E-state index in [-0.39, 0.29) is 22.4 Å². The van der Waals surface area contributed by atoms with Gasteiger partial charge >= 0.3 is 11.9 Å². The van der Waals surface area contributed by atoms with Crippen molar-refractivity contribution in [3.63, 3.8) is 0 Å². The van der Waals surface area contributed by atoms with Crippen LogP contribution < -0.4 is 10.5 Å². The molecular formula is C12H14BrF2NO4. The van der Waals surface area contributed by atoms with Crippen LogP contribution in [-0.2, 0) is 9.53 Å². The van der Waals surface area contributed by atoms with E-state index in [4.69, 9.17) is 10.5 Å². The predicted octanol–water partition coefficient (Wildman–Crippen LogP) is 2.36. The van der Waals surface area contributed by atoms with Crippen LogP contribution in [0.25, 0.3) is 0 Å². The highest BCUT2D eigenvalue weighted by molar-refractivity contribution is 9.10. The minimum absolute atomic E-state index is 0.0293. The third kappa shape index (κ3) is 3.01. The van der Waals surface area contributed by atoms with Gasteiger partial charge in [-0.05, 0) is 19.1 Å². The van der Waals surface area contributed by atoms with Crippen molar-refractivity contribution in [2.45, 2.75) is 18.9 Å². The smallest absolute Gasteiger partial charge is 0.379 e. The normalized spacial score (nSPS) is 12.9. The Balaban J connectivity index is 3.27. The van der Waals surface area contributed by atoms with Gasteiger partial charge in [-0.1, -0.05) is 15.9 Å². The summed E-state index contributed by atoms with van der Waals surface area (Å²) in [5, 5.41) is 9.89. The number of hydrogen-bond acceptors (Lipinski definition) is 5. The molecule has 0 aliphatic rings. The van der Waals surface area contributed by atoms with Crippen molar-refractivity contribution in [2.24, 2.45) is 5.73 Å². The van der Waals surface area contributed by atoms with E-state index < -0.39 is 23.7 Å². The molecule has 0 bridgehead atoms. The second-order valence-electron chi connectivity index (χ2n) is 3.83. The first-order valence-electron chi connectivity index (χ1n) is 5.63. The Hall–Kier alpha value is -1.41. The van der Waals surface area contributed by atoms with Crippen molar-refractivity contribution in [3.8, 4) is 11.5 Å². The van der Waals surface area contributed by atoms with Gasteiger partial charge in [0, 0.05) is 10.0 Å². The van der Waals surface area contributed by atoms with Crippen LogP contribution in [0, 0.1) is 0 Å². The lowest BCUT2D eigenvalue weighted by Crippen LogP contribution is -2.42. The van der Waals surface area contributed by atoms with Crippen LogP contribution in [0.4, 0.5) is 8.78 Å². The largest absolute Gasteiger partial charge is 0.504 e. The number of hydrogen-bond donors (Lipinski definition) is 2. The second kappa shape index (κ2) is 6.36. The molecule has 0 fully saturated rings. The van der Waals surface area contributed by atoms with Gasteiger partial charge in [-0.3, -0.25) is 0 Å². The van der Waals surface area contributed by atoms with Crippen LogP contribution in [0.1, 0.15) is 18.5 Å². The Morgan fingerprint density at radius 3 is 2.65 bits per heavy atom. The Kier molecular flexibility index (Phi) is 5.29. The Morgan fingerprint density at radius 2 is 2.15 bits per heavy atom. The summed E-state index contributed by atoms with van der Waals surface area (Å²) in [6, 6.07) is 0.679. The monoisotopic (exact) mass is 353 g/mol. The zero-order valence-corrected chi connectivity index (χ0v) is 12.4. The minimum Gasteiger partial charge on any atom is -0.504 e. The van der Waals surface area contributed by atoms with Crippen molar-refractivity contribution in [1.82, 2.24) is 0 Å². The Bertz CT molecular complexity index is 510. The maximum absolute atomic E-state index is 13.9. The molecule has 5 nitrogen and oxygen atoms in total. The van der Waals surface area contributed by atoms with Gasteiger partial charge in [0.25, 0.3) is 0 Å². The summed E-state index contributed by atoms with van der Waals surface area (Å²) in [6.45, 7) is 1.20. The lowest BCUT2D eigenvalue weighted by Gasteiger charge is -2.24. The molecule has 0 spiro atoms. The number of ether oxygens (including phenoxy) is 2. The summed E-state index contributed by atoms with van der Waals surface area (Å²) in [4.78, 5) is 11.3. The number of aromatic hydroxyl groups is 1. The summed E-state index contributed by atoms with van der Waals surface area (Å²) in [5.41, 5.74) is 5.10. The molecule has 0 saturated heterocycles. The first-order chi connectivity index (χ1) is 9.27. The molecule has 0 aliphatic carbocycles. The molecule has 0 aliphatic heterocycles. The van der Waals surface area contributed by atoms with Crippen LogP contribution in [0.3, 0.4) is 0 Å². The number of benzene rings is 1. The van der Waals surface area contributed by atoms with Crippen LogP contribution in [0.15, 0.2) is 16.6 Å². The van der Waals surface area contributed by atoms with Gasteiger partial charge in [0.15, 0.2) is 11.5 Å². The molecule has 0 saturated carbocycles. The number of nitrogens with two attached hydrogens (primary N) is 1. The Morgan fingerprint density at radius 1 is 1.55 bits per heavy atom. The fraction of sp³-hybridized carbons (Fsp3) is 0.417. The lowest BCUT2D eigenvalue weighted by atomic mass is 10.00. The first kappa shape index (κ1) is 16.6. The van der Waals surface area contributed by atoms with Gasteiger partial charge in [-0.15, -0.1) is 0 Å². The number of rotatable bonds is 5. The third-order valence-corrected chi connectivity index (χ3v) is 3.29. The highest BCUT2D eigenvalue weighted by atomic mass is 79.9.